The Balaban J connectivity index is 1.47. The van der Waals surface area contributed by atoms with Crippen LogP contribution in [-0.2, 0) is 11.3 Å². The number of carbonyl (C=O) groups is 2. The summed E-state index contributed by atoms with van der Waals surface area (Å²) in [6.07, 6.45) is 9.90. The van der Waals surface area contributed by atoms with E-state index in [1.165, 1.54) is 19.3 Å². The highest BCUT2D eigenvalue weighted by Gasteiger charge is 2.29. The van der Waals surface area contributed by atoms with Crippen molar-refractivity contribution < 1.29 is 9.59 Å². The van der Waals surface area contributed by atoms with Crippen LogP contribution in [0.4, 0.5) is 4.79 Å². The number of benzene rings is 1. The normalized spacial score (nSPS) is 20.8. The van der Waals surface area contributed by atoms with E-state index < -0.39 is 0 Å². The molecule has 0 radical (unpaired) electrons. The van der Waals surface area contributed by atoms with Gasteiger partial charge in [0, 0.05) is 35.6 Å². The number of likely N-dealkylation sites (tertiary alicyclic amines) is 1. The molecule has 1 aliphatic heterocycles. The lowest BCUT2D eigenvalue weighted by molar-refractivity contribution is -0.125. The summed E-state index contributed by atoms with van der Waals surface area (Å²) in [6.45, 7) is 1.60. The molecule has 1 heterocycles. The van der Waals surface area contributed by atoms with E-state index in [2.05, 4.69) is 10.6 Å². The van der Waals surface area contributed by atoms with Gasteiger partial charge >= 0.3 is 6.03 Å². The molecule has 1 aromatic rings. The van der Waals surface area contributed by atoms with Crippen molar-refractivity contribution in [1.29, 1.82) is 0 Å². The number of nitrogens with one attached hydrogen (secondary N) is 2. The molecule has 3 rings (SSSR count). The van der Waals surface area contributed by atoms with Gasteiger partial charge in [0.05, 0.1) is 6.04 Å². The van der Waals surface area contributed by atoms with Gasteiger partial charge in [-0.25, -0.2) is 4.79 Å². The highest BCUT2D eigenvalue weighted by Crippen LogP contribution is 2.24. The topological polar surface area (TPSA) is 61.4 Å². The molecular weight excluding hydrogens is 409 g/mol. The molecule has 0 aromatic heterocycles. The number of amides is 3. The van der Waals surface area contributed by atoms with E-state index in [0.29, 0.717) is 29.7 Å². The highest BCUT2D eigenvalue weighted by atomic mass is 35.5. The molecule has 2 fully saturated rings. The Kier molecular flexibility index (Phi) is 8.49. The van der Waals surface area contributed by atoms with Gasteiger partial charge in [-0.3, -0.25) is 4.79 Å². The van der Waals surface area contributed by atoms with Gasteiger partial charge in [0.1, 0.15) is 0 Å². The Morgan fingerprint density at radius 2 is 1.69 bits per heavy atom. The van der Waals surface area contributed by atoms with Gasteiger partial charge in [0.15, 0.2) is 0 Å². The van der Waals surface area contributed by atoms with Crippen LogP contribution >= 0.6 is 23.2 Å². The summed E-state index contributed by atoms with van der Waals surface area (Å²) in [5, 5.41) is 7.18. The number of hydrogen-bond donors (Lipinski definition) is 2. The fourth-order valence-electron chi connectivity index (χ4n) is 4.33. The van der Waals surface area contributed by atoms with Gasteiger partial charge in [-0.2, -0.15) is 0 Å². The predicted octanol–water partition coefficient (Wildman–Crippen LogP) is 5.14. The van der Waals surface area contributed by atoms with Crippen LogP contribution in [-0.4, -0.2) is 36.0 Å². The molecule has 1 atom stereocenters. The minimum absolute atomic E-state index is 0.0493. The quantitative estimate of drug-likeness (QED) is 0.666. The molecule has 160 valence electrons. The van der Waals surface area contributed by atoms with Crippen LogP contribution in [0.3, 0.4) is 0 Å². The van der Waals surface area contributed by atoms with Crippen molar-refractivity contribution in [3.8, 4) is 0 Å². The first kappa shape index (κ1) is 22.2. The van der Waals surface area contributed by atoms with E-state index in [1.54, 1.807) is 12.1 Å². The van der Waals surface area contributed by atoms with E-state index in [0.717, 1.165) is 44.1 Å². The molecule has 2 aliphatic rings. The first-order chi connectivity index (χ1) is 14.0. The standard InChI is InChI=1S/C22H31Cl2N3O2/c23-18-11-10-17(20(24)13-18)14-26-22(29)27-12-6-9-19(27)15-25-21(28)16-7-4-2-1-3-5-8-16/h10-11,13,16,19H,1-9,12,14-15H2,(H,25,28)(H,26,29). The maximum absolute atomic E-state index is 12.7. The second kappa shape index (κ2) is 11.1. The maximum Gasteiger partial charge on any atom is 0.317 e. The Bertz CT molecular complexity index is 705. The van der Waals surface area contributed by atoms with Crippen LogP contribution in [0.25, 0.3) is 0 Å². The van der Waals surface area contributed by atoms with Crippen molar-refractivity contribution in [3.63, 3.8) is 0 Å². The van der Waals surface area contributed by atoms with E-state index in [4.69, 9.17) is 23.2 Å². The van der Waals surface area contributed by atoms with Crippen LogP contribution in [0.1, 0.15) is 63.4 Å². The second-order valence-electron chi connectivity index (χ2n) is 8.17. The highest BCUT2D eigenvalue weighted by molar-refractivity contribution is 6.35. The summed E-state index contributed by atoms with van der Waals surface area (Å²) >= 11 is 12.1. The fraction of sp³-hybridized carbons (Fsp3) is 0.636. The maximum atomic E-state index is 12.7. The molecule has 5 nitrogen and oxygen atoms in total. The minimum atomic E-state index is -0.112. The molecule has 0 spiro atoms. The van der Waals surface area contributed by atoms with Gasteiger partial charge in [0.25, 0.3) is 0 Å². The zero-order valence-corrected chi connectivity index (χ0v) is 18.4. The van der Waals surface area contributed by atoms with Crippen molar-refractivity contribution in [2.75, 3.05) is 13.1 Å². The van der Waals surface area contributed by atoms with E-state index in [1.807, 2.05) is 11.0 Å². The molecule has 1 unspecified atom stereocenters. The monoisotopic (exact) mass is 439 g/mol. The summed E-state index contributed by atoms with van der Waals surface area (Å²) in [4.78, 5) is 27.1. The van der Waals surface area contributed by atoms with Crippen molar-refractivity contribution in [3.05, 3.63) is 33.8 Å². The molecule has 1 aromatic carbocycles. The van der Waals surface area contributed by atoms with Gasteiger partial charge in [-0.1, -0.05) is 61.4 Å². The number of nitrogens with zero attached hydrogens (tertiary/aromatic N) is 1. The zero-order valence-electron chi connectivity index (χ0n) is 16.9. The second-order valence-corrected chi connectivity index (χ2v) is 9.01. The first-order valence-electron chi connectivity index (χ1n) is 10.8. The number of carbonyl (C=O) groups excluding carboxylic acids is 2. The molecule has 3 amide bonds. The van der Waals surface area contributed by atoms with Crippen LogP contribution in [0.5, 0.6) is 0 Å². The Morgan fingerprint density at radius 3 is 2.41 bits per heavy atom. The third-order valence-electron chi connectivity index (χ3n) is 6.07. The number of urea groups is 1. The zero-order chi connectivity index (χ0) is 20.6. The summed E-state index contributed by atoms with van der Waals surface area (Å²) in [7, 11) is 0. The summed E-state index contributed by atoms with van der Waals surface area (Å²) in [6, 6.07) is 5.20. The van der Waals surface area contributed by atoms with Gasteiger partial charge in [-0.05, 0) is 43.4 Å². The Labute approximate surface area is 183 Å². The third-order valence-corrected chi connectivity index (χ3v) is 6.66. The average Bonchev–Trinajstić information content (AvgIpc) is 3.13. The Morgan fingerprint density at radius 1 is 0.966 bits per heavy atom. The van der Waals surface area contributed by atoms with Crippen LogP contribution in [0.2, 0.25) is 10.0 Å². The van der Waals surface area contributed by atoms with Crippen molar-refractivity contribution in [2.24, 2.45) is 5.92 Å². The lowest BCUT2D eigenvalue weighted by Crippen LogP contribution is -2.48. The molecule has 1 saturated carbocycles. The lowest BCUT2D eigenvalue weighted by atomic mass is 9.90. The number of halogens is 2. The van der Waals surface area contributed by atoms with Crippen LogP contribution in [0, 0.1) is 5.92 Å². The fourth-order valence-corrected chi connectivity index (χ4v) is 4.81. The van der Waals surface area contributed by atoms with Crippen molar-refractivity contribution >= 4 is 35.1 Å². The van der Waals surface area contributed by atoms with Crippen molar-refractivity contribution in [2.45, 2.75) is 70.4 Å². The third kappa shape index (κ3) is 6.51. The smallest absolute Gasteiger partial charge is 0.317 e. The molecule has 0 bridgehead atoms. The van der Waals surface area contributed by atoms with E-state index >= 15 is 0 Å². The van der Waals surface area contributed by atoms with Crippen LogP contribution in [0.15, 0.2) is 18.2 Å². The molecular formula is C22H31Cl2N3O2. The molecule has 1 saturated heterocycles. The van der Waals surface area contributed by atoms with Crippen molar-refractivity contribution in [1.82, 2.24) is 15.5 Å². The number of hydrogen-bond acceptors (Lipinski definition) is 2. The average molecular weight is 440 g/mol. The largest absolute Gasteiger partial charge is 0.354 e. The summed E-state index contributed by atoms with van der Waals surface area (Å²) in [5.74, 6) is 0.290. The number of rotatable bonds is 5. The van der Waals surface area contributed by atoms with E-state index in [-0.39, 0.29) is 23.9 Å². The minimum Gasteiger partial charge on any atom is -0.354 e. The van der Waals surface area contributed by atoms with E-state index in [9.17, 15) is 9.59 Å². The summed E-state index contributed by atoms with van der Waals surface area (Å²) < 4.78 is 0. The molecule has 7 heteroatoms. The molecule has 2 N–H and O–H groups in total. The molecule has 29 heavy (non-hydrogen) atoms. The summed E-state index contributed by atoms with van der Waals surface area (Å²) in [5.41, 5.74) is 0.831. The predicted molar refractivity (Wildman–Crippen MR) is 117 cm³/mol. The van der Waals surface area contributed by atoms with Gasteiger partial charge < -0.3 is 15.5 Å². The lowest BCUT2D eigenvalue weighted by Gasteiger charge is -2.26. The Hall–Kier alpha value is -1.46. The van der Waals surface area contributed by atoms with Gasteiger partial charge in [0.2, 0.25) is 5.91 Å². The first-order valence-corrected chi connectivity index (χ1v) is 11.6. The van der Waals surface area contributed by atoms with Gasteiger partial charge in [-0.15, -0.1) is 0 Å². The van der Waals surface area contributed by atoms with Crippen LogP contribution < -0.4 is 10.6 Å². The SMILES string of the molecule is O=C(NCC1CCCN1C(=O)NCc1ccc(Cl)cc1Cl)C1CCCCCCC1. The molecule has 1 aliphatic carbocycles.